The van der Waals surface area contributed by atoms with Crippen molar-refractivity contribution in [2.45, 2.75) is 0 Å². The number of nitrogens with one attached hydrogen (secondary N) is 1. The Kier molecular flexibility index (Phi) is 19.7. The Morgan fingerprint density at radius 3 is 0.716 bits per heavy atom. The standard InChI is InChI=1S/C132H86N8S/c133-131-109(75-78-126(132(131)134-141)135(104-61-49-93(50-62-104)100-57-73-114-110-29-13-17-33-120(110)137(127(114)83-100)102-25-9-3-10-26-102)105-63-51-94(52-64-105)101-58-74-115-111-30-14-18-34-121(111)138(128(115)84-101)103-27-11-4-12-28-103)95-53-69-106(70-54-95)136-124-76-59-96(89-37-41-91(42-38-89)98-55-71-116-112-31-15-19-35-122(112)139(129(116)81-98)107-65-45-87(46-66-107)85-21-5-1-6-22-85)79-118(124)119-80-97(60-77-125(119)136)90-39-43-92(44-40-90)99-56-72-117-113-32-16-20-36-123(113)140(130(117)82-99)108-67-47-88(48-68-108)86-23-7-2-8-24-86/h1-84,133,141H. The molecule has 9 heteroatoms. The highest BCUT2D eigenvalue weighted by Gasteiger charge is 2.30. The third kappa shape index (κ3) is 14.0. The van der Waals surface area contributed by atoms with Gasteiger partial charge in [-0.05, 0) is 277 Å². The summed E-state index contributed by atoms with van der Waals surface area (Å²) in [5.74, 6) is 0. The molecule has 5 aromatic heterocycles. The van der Waals surface area contributed by atoms with Crippen LogP contribution in [0.15, 0.2) is 520 Å². The van der Waals surface area contributed by atoms with Crippen LogP contribution in [0.1, 0.15) is 5.56 Å². The van der Waals surface area contributed by atoms with E-state index in [-0.39, 0.29) is 5.71 Å². The summed E-state index contributed by atoms with van der Waals surface area (Å²) in [6, 6.07) is 181. The summed E-state index contributed by atoms with van der Waals surface area (Å²) in [4.78, 5) is 2.22. The molecule has 0 amide bonds. The smallest absolute Gasteiger partial charge is 0.121 e. The van der Waals surface area contributed by atoms with Crippen LogP contribution in [-0.2, 0) is 0 Å². The van der Waals surface area contributed by atoms with Crippen molar-refractivity contribution in [2.24, 2.45) is 4.40 Å². The first-order valence-electron chi connectivity index (χ1n) is 48.0. The molecule has 660 valence electrons. The lowest BCUT2D eigenvalue weighted by Crippen LogP contribution is -2.30. The summed E-state index contributed by atoms with van der Waals surface area (Å²) in [5.41, 5.74) is 39.9. The average molecular weight is 1820 g/mol. The molecule has 21 aromatic carbocycles. The minimum absolute atomic E-state index is 0.257. The van der Waals surface area contributed by atoms with Crippen molar-refractivity contribution in [3.8, 4) is 117 Å². The van der Waals surface area contributed by atoms with Crippen LogP contribution in [0.3, 0.4) is 0 Å². The molecule has 0 atom stereocenters. The average Bonchev–Trinajstić information content (AvgIpc) is 1.62. The number of thiol groups is 1. The quantitative estimate of drug-likeness (QED) is 0.0692. The van der Waals surface area contributed by atoms with Crippen LogP contribution < -0.4 is 4.90 Å². The molecule has 0 radical (unpaired) electrons. The normalized spacial score (nSPS) is 12.7. The van der Waals surface area contributed by atoms with E-state index in [1.807, 2.05) is 0 Å². The Morgan fingerprint density at radius 2 is 0.397 bits per heavy atom. The number of anilines is 2. The van der Waals surface area contributed by atoms with Crippen molar-refractivity contribution in [2.75, 3.05) is 4.90 Å². The largest absolute Gasteiger partial charge is 0.309 e. The number of allylic oxidation sites excluding steroid dienone is 4. The zero-order chi connectivity index (χ0) is 93.3. The number of hydrogen-bond donors (Lipinski definition) is 2. The number of nitrogens with zero attached hydrogens (tertiary/aromatic N) is 7. The number of aromatic nitrogens is 5. The van der Waals surface area contributed by atoms with Gasteiger partial charge in [0.25, 0.3) is 0 Å². The topological polar surface area (TPSA) is 64.1 Å². The summed E-state index contributed by atoms with van der Waals surface area (Å²) in [6.07, 6.45) is 4.18. The predicted molar refractivity (Wildman–Crippen MR) is 597 cm³/mol. The Hall–Kier alpha value is -18.4. The van der Waals surface area contributed by atoms with Crippen molar-refractivity contribution >= 4 is 150 Å². The highest BCUT2D eigenvalue weighted by atomic mass is 32.1. The van der Waals surface area contributed by atoms with Gasteiger partial charge in [0.2, 0.25) is 0 Å². The zero-order valence-corrected chi connectivity index (χ0v) is 77.5. The molecule has 0 bridgehead atoms. The maximum atomic E-state index is 10.4. The molecular weight excluding hydrogens is 1730 g/mol. The third-order valence-corrected chi connectivity index (χ3v) is 29.1. The molecule has 8 nitrogen and oxygen atoms in total. The Labute approximate surface area is 820 Å². The first-order chi connectivity index (χ1) is 69.8. The molecule has 0 unspecified atom stereocenters. The van der Waals surface area contributed by atoms with E-state index in [9.17, 15) is 5.41 Å². The fraction of sp³-hybridized carbons (Fsp3) is 0. The van der Waals surface area contributed by atoms with Gasteiger partial charge in [-0.15, -0.1) is 0 Å². The van der Waals surface area contributed by atoms with Crippen LogP contribution in [0.5, 0.6) is 0 Å². The number of rotatable bonds is 17. The highest BCUT2D eigenvalue weighted by molar-refractivity contribution is 7.79. The molecule has 141 heavy (non-hydrogen) atoms. The Morgan fingerprint density at radius 1 is 0.177 bits per heavy atom. The van der Waals surface area contributed by atoms with Gasteiger partial charge in [-0.1, -0.05) is 340 Å². The van der Waals surface area contributed by atoms with Crippen LogP contribution in [0.4, 0.5) is 11.4 Å². The summed E-state index contributed by atoms with van der Waals surface area (Å²) >= 11 is 4.80. The molecule has 0 saturated carbocycles. The third-order valence-electron chi connectivity index (χ3n) is 28.9. The van der Waals surface area contributed by atoms with Crippen molar-refractivity contribution in [1.29, 1.82) is 5.41 Å². The first-order valence-corrected chi connectivity index (χ1v) is 48.4. The molecule has 0 fully saturated rings. The fourth-order valence-electron chi connectivity index (χ4n) is 22.0. The van der Waals surface area contributed by atoms with Crippen LogP contribution in [-0.4, -0.2) is 34.3 Å². The summed E-state index contributed by atoms with van der Waals surface area (Å²) in [6.45, 7) is 0. The van der Waals surface area contributed by atoms with Crippen molar-refractivity contribution < 1.29 is 0 Å². The molecule has 5 heterocycles. The van der Waals surface area contributed by atoms with Crippen LogP contribution in [0, 0.1) is 5.41 Å². The number of hydrogen-bond acceptors (Lipinski definition) is 4. The molecule has 0 spiro atoms. The van der Waals surface area contributed by atoms with Gasteiger partial charge in [-0.2, -0.15) is 0 Å². The zero-order valence-electron chi connectivity index (χ0n) is 76.6. The number of fused-ring (bicyclic) bond motifs is 15. The molecule has 1 N–H and O–H groups in total. The van der Waals surface area contributed by atoms with E-state index in [0.717, 1.165) is 173 Å². The van der Waals surface area contributed by atoms with Gasteiger partial charge in [-0.3, -0.25) is 5.41 Å². The van der Waals surface area contributed by atoms with E-state index in [0.29, 0.717) is 11.4 Å². The lowest BCUT2D eigenvalue weighted by atomic mass is 9.91. The highest BCUT2D eigenvalue weighted by Crippen LogP contribution is 2.47. The summed E-state index contributed by atoms with van der Waals surface area (Å²) in [5, 5.41) is 22.3. The second-order valence-corrected chi connectivity index (χ2v) is 36.9. The second kappa shape index (κ2) is 33.8. The van der Waals surface area contributed by atoms with E-state index in [2.05, 4.69) is 537 Å². The van der Waals surface area contributed by atoms with Crippen LogP contribution in [0.2, 0.25) is 0 Å². The summed E-state index contributed by atoms with van der Waals surface area (Å²) < 4.78 is 16.7. The first kappa shape index (κ1) is 82.1. The van der Waals surface area contributed by atoms with Crippen LogP contribution in [0.25, 0.3) is 232 Å². The second-order valence-electron chi connectivity index (χ2n) is 36.7. The minimum Gasteiger partial charge on any atom is -0.309 e. The van der Waals surface area contributed by atoms with Gasteiger partial charge >= 0.3 is 0 Å². The predicted octanol–water partition coefficient (Wildman–Crippen LogP) is 34.9. The van der Waals surface area contributed by atoms with E-state index >= 15 is 0 Å². The van der Waals surface area contributed by atoms with Crippen LogP contribution >= 0.6 is 12.8 Å². The van der Waals surface area contributed by atoms with Gasteiger partial charge in [0.1, 0.15) is 5.71 Å². The van der Waals surface area contributed by atoms with Gasteiger partial charge < -0.3 is 27.7 Å². The van der Waals surface area contributed by atoms with E-state index in [4.69, 9.17) is 17.2 Å². The van der Waals surface area contributed by atoms with Gasteiger partial charge in [0.15, 0.2) is 0 Å². The molecule has 1 aliphatic carbocycles. The van der Waals surface area contributed by atoms with Gasteiger partial charge in [0, 0.05) is 99.2 Å². The fourth-order valence-corrected chi connectivity index (χ4v) is 22.2. The van der Waals surface area contributed by atoms with Gasteiger partial charge in [-0.25, -0.2) is 4.40 Å². The maximum absolute atomic E-state index is 10.4. The Balaban J connectivity index is 0.546. The molecule has 26 aromatic rings. The lowest BCUT2D eigenvalue weighted by Gasteiger charge is -2.31. The molecule has 0 saturated heterocycles. The maximum Gasteiger partial charge on any atom is 0.121 e. The van der Waals surface area contributed by atoms with Gasteiger partial charge in [0.05, 0.1) is 66.6 Å². The molecule has 1 aliphatic rings. The monoisotopic (exact) mass is 1810 g/mol. The van der Waals surface area contributed by atoms with E-state index in [1.165, 1.54) is 76.4 Å². The SMILES string of the molecule is N=C1C(c2ccc(-n3c4ccc(-c5ccc(-c6ccc7c8ccccc8n(-c8ccc(-c9ccccc9)cc8)c7c6)cc5)cc4c4cc(-c5ccc(-c6ccc7c8ccccc8n(-c8ccc(-c9ccccc9)cc8)c7c6)cc5)ccc43)cc2)=CC=C(N(c2ccc(-c3ccc4c5ccccc5n(-c5ccccc5)c4c3)cc2)c2ccc(-c3ccc4c5ccccc5n(-c5ccccc5)c4c3)cc2)C1=NS. The van der Waals surface area contributed by atoms with E-state index < -0.39 is 0 Å². The number of para-hydroxylation sites is 6. The number of benzene rings is 21. The molecule has 27 rings (SSSR count). The lowest BCUT2D eigenvalue weighted by molar-refractivity contribution is 1.18. The van der Waals surface area contributed by atoms with Crippen molar-refractivity contribution in [1.82, 2.24) is 22.8 Å². The molecular formula is C132H86N8S. The molecule has 0 aliphatic heterocycles. The summed E-state index contributed by atoms with van der Waals surface area (Å²) in [7, 11) is 0. The minimum atomic E-state index is 0.257. The van der Waals surface area contributed by atoms with E-state index in [1.54, 1.807) is 0 Å². The van der Waals surface area contributed by atoms with Crippen molar-refractivity contribution in [3.05, 3.63) is 521 Å². The van der Waals surface area contributed by atoms with Crippen molar-refractivity contribution in [3.63, 3.8) is 0 Å². The Bertz CT molecular complexity index is 9100.